The van der Waals surface area contributed by atoms with Crippen LogP contribution in [0.1, 0.15) is 31.4 Å². The summed E-state index contributed by atoms with van der Waals surface area (Å²) in [6.07, 6.45) is -4.40. The standard InChI is InChI=1S/C23H20F3N3O3S2/c1-22(2)20(31)28(14-4-3-13(11-27)17(9-14)23(24,25)26)21(33)29(22)15-5-6-18-19(10-15)34-8-7-16(12-30)32-18/h3-6,9-10,16,30H,7-8,12H2,1-2H3/t16-/m0/s1. The maximum atomic E-state index is 13.5. The molecule has 34 heavy (non-hydrogen) atoms. The molecule has 11 heteroatoms. The van der Waals surface area contributed by atoms with Gasteiger partial charge in [0.2, 0.25) is 0 Å². The molecule has 4 rings (SSSR count). The molecule has 0 radical (unpaired) electrons. The van der Waals surface area contributed by atoms with Gasteiger partial charge < -0.3 is 14.7 Å². The number of hydrogen-bond donors (Lipinski definition) is 1. The van der Waals surface area contributed by atoms with Crippen LogP contribution in [-0.4, -0.2) is 40.1 Å². The van der Waals surface area contributed by atoms with E-state index in [4.69, 9.17) is 22.2 Å². The first kappa shape index (κ1) is 24.3. The topological polar surface area (TPSA) is 76.8 Å². The van der Waals surface area contributed by atoms with Gasteiger partial charge in [0.15, 0.2) is 5.11 Å². The summed E-state index contributed by atoms with van der Waals surface area (Å²) in [5.74, 6) is 0.847. The zero-order valence-corrected chi connectivity index (χ0v) is 19.9. The number of anilines is 2. The third-order valence-corrected chi connectivity index (χ3v) is 7.17. The van der Waals surface area contributed by atoms with Crippen LogP contribution in [0.4, 0.5) is 24.5 Å². The molecule has 2 aromatic rings. The summed E-state index contributed by atoms with van der Waals surface area (Å²) in [5.41, 5.74) is -2.31. The molecule has 0 bridgehead atoms. The molecule has 1 N–H and O–H groups in total. The van der Waals surface area contributed by atoms with Gasteiger partial charge in [0.1, 0.15) is 17.4 Å². The van der Waals surface area contributed by atoms with Crippen LogP contribution in [0.3, 0.4) is 0 Å². The number of benzene rings is 2. The first-order chi connectivity index (χ1) is 16.0. The molecular weight excluding hydrogens is 487 g/mol. The van der Waals surface area contributed by atoms with Crippen molar-refractivity contribution in [1.29, 1.82) is 5.26 Å². The van der Waals surface area contributed by atoms with Gasteiger partial charge in [0, 0.05) is 11.4 Å². The van der Waals surface area contributed by atoms with Crippen LogP contribution in [0.15, 0.2) is 41.3 Å². The maximum Gasteiger partial charge on any atom is 0.417 e. The first-order valence-electron chi connectivity index (χ1n) is 10.3. The molecular formula is C23H20F3N3O3S2. The number of ether oxygens (including phenoxy) is 1. The Balaban J connectivity index is 1.74. The number of carbonyl (C=O) groups is 1. The molecule has 1 fully saturated rings. The number of nitriles is 1. The molecule has 178 valence electrons. The summed E-state index contributed by atoms with van der Waals surface area (Å²) in [6, 6.07) is 9.93. The van der Waals surface area contributed by atoms with Crippen LogP contribution in [0.25, 0.3) is 0 Å². The molecule has 0 unspecified atom stereocenters. The molecule has 1 amide bonds. The zero-order valence-electron chi connectivity index (χ0n) is 18.2. The number of thioether (sulfide) groups is 1. The number of aliphatic hydroxyl groups excluding tert-OH is 1. The minimum atomic E-state index is -4.76. The highest BCUT2D eigenvalue weighted by atomic mass is 32.2. The van der Waals surface area contributed by atoms with Crippen molar-refractivity contribution < 1.29 is 27.8 Å². The molecule has 6 nitrogen and oxygen atoms in total. The van der Waals surface area contributed by atoms with Crippen LogP contribution >= 0.6 is 24.0 Å². The highest BCUT2D eigenvalue weighted by molar-refractivity contribution is 7.99. The van der Waals surface area contributed by atoms with Crippen molar-refractivity contribution in [2.45, 2.75) is 43.0 Å². The third-order valence-electron chi connectivity index (χ3n) is 5.74. The van der Waals surface area contributed by atoms with Gasteiger partial charge in [0.25, 0.3) is 5.91 Å². The number of fused-ring (bicyclic) bond motifs is 1. The Kier molecular flexibility index (Phi) is 6.27. The van der Waals surface area contributed by atoms with Gasteiger partial charge in [-0.25, -0.2) is 0 Å². The zero-order chi connectivity index (χ0) is 24.8. The summed E-state index contributed by atoms with van der Waals surface area (Å²) in [4.78, 5) is 16.8. The second-order valence-electron chi connectivity index (χ2n) is 8.35. The van der Waals surface area contributed by atoms with E-state index in [-0.39, 0.29) is 23.5 Å². The van der Waals surface area contributed by atoms with E-state index in [0.717, 1.165) is 27.7 Å². The quantitative estimate of drug-likeness (QED) is 0.602. The Labute approximate surface area is 203 Å². The van der Waals surface area contributed by atoms with E-state index in [1.54, 1.807) is 42.6 Å². The molecule has 0 aliphatic carbocycles. The summed E-state index contributed by atoms with van der Waals surface area (Å²) in [5, 5.41) is 18.6. The molecule has 1 saturated heterocycles. The second-order valence-corrected chi connectivity index (χ2v) is 9.85. The van der Waals surface area contributed by atoms with Gasteiger partial charge in [-0.05, 0) is 68.9 Å². The largest absolute Gasteiger partial charge is 0.487 e. The van der Waals surface area contributed by atoms with Crippen LogP contribution in [0, 0.1) is 11.3 Å². The number of alkyl halides is 3. The van der Waals surface area contributed by atoms with Gasteiger partial charge in [-0.3, -0.25) is 9.69 Å². The number of carbonyl (C=O) groups excluding carboxylic acids is 1. The molecule has 0 aromatic heterocycles. The van der Waals surface area contributed by atoms with E-state index in [0.29, 0.717) is 17.9 Å². The predicted octanol–water partition coefficient (Wildman–Crippen LogP) is 4.73. The molecule has 2 aromatic carbocycles. The van der Waals surface area contributed by atoms with Crippen molar-refractivity contribution in [2.24, 2.45) is 0 Å². The lowest BCUT2D eigenvalue weighted by molar-refractivity contribution is -0.137. The molecule has 0 spiro atoms. The summed E-state index contributed by atoms with van der Waals surface area (Å²) in [6.45, 7) is 3.19. The molecule has 1 atom stereocenters. The monoisotopic (exact) mass is 507 g/mol. The Morgan fingerprint density at radius 2 is 1.97 bits per heavy atom. The Morgan fingerprint density at radius 3 is 2.62 bits per heavy atom. The summed E-state index contributed by atoms with van der Waals surface area (Å²) >= 11 is 7.13. The SMILES string of the molecule is CC1(C)C(=O)N(c2ccc(C#N)c(C(F)(F)F)c2)C(=S)N1c1ccc2c(c1)SCC[C@@H](CO)O2. The first-order valence-corrected chi connectivity index (χ1v) is 11.7. The fourth-order valence-electron chi connectivity index (χ4n) is 3.97. The molecule has 0 saturated carbocycles. The average Bonchev–Trinajstić information content (AvgIpc) is 2.92. The number of aliphatic hydroxyl groups is 1. The number of amides is 1. The van der Waals surface area contributed by atoms with Gasteiger partial charge in [-0.2, -0.15) is 18.4 Å². The summed E-state index contributed by atoms with van der Waals surface area (Å²) < 4.78 is 46.4. The van der Waals surface area contributed by atoms with Gasteiger partial charge >= 0.3 is 6.18 Å². The second kappa shape index (κ2) is 8.76. The lowest BCUT2D eigenvalue weighted by Gasteiger charge is -2.30. The van der Waals surface area contributed by atoms with Crippen molar-refractivity contribution >= 4 is 46.4 Å². The van der Waals surface area contributed by atoms with Crippen molar-refractivity contribution in [3.8, 4) is 11.8 Å². The fourth-order valence-corrected chi connectivity index (χ4v) is 5.56. The Hall–Kier alpha value is -2.81. The minimum Gasteiger partial charge on any atom is -0.487 e. The lowest BCUT2D eigenvalue weighted by Crippen LogP contribution is -2.44. The van der Waals surface area contributed by atoms with Crippen LogP contribution in [0.2, 0.25) is 0 Å². The number of nitrogens with zero attached hydrogens (tertiary/aromatic N) is 3. The Bertz CT molecular complexity index is 1210. The van der Waals surface area contributed by atoms with E-state index in [2.05, 4.69) is 0 Å². The van der Waals surface area contributed by atoms with E-state index in [1.807, 2.05) is 6.07 Å². The van der Waals surface area contributed by atoms with Crippen molar-refractivity contribution in [1.82, 2.24) is 0 Å². The van der Waals surface area contributed by atoms with E-state index in [1.165, 1.54) is 12.1 Å². The van der Waals surface area contributed by atoms with Crippen LogP contribution in [0.5, 0.6) is 5.75 Å². The van der Waals surface area contributed by atoms with E-state index >= 15 is 0 Å². The van der Waals surface area contributed by atoms with E-state index in [9.17, 15) is 23.1 Å². The van der Waals surface area contributed by atoms with Gasteiger partial charge in [0.05, 0.1) is 34.4 Å². The average molecular weight is 508 g/mol. The molecule has 2 heterocycles. The summed E-state index contributed by atoms with van der Waals surface area (Å²) in [7, 11) is 0. The fraction of sp³-hybridized carbons (Fsp3) is 0.348. The van der Waals surface area contributed by atoms with E-state index < -0.39 is 28.7 Å². The van der Waals surface area contributed by atoms with Gasteiger partial charge in [-0.15, -0.1) is 11.8 Å². The number of thiocarbonyl (C=S) groups is 1. The number of halogens is 3. The number of rotatable bonds is 3. The highest BCUT2D eigenvalue weighted by Crippen LogP contribution is 2.42. The van der Waals surface area contributed by atoms with Crippen molar-refractivity contribution in [3.05, 3.63) is 47.5 Å². The van der Waals surface area contributed by atoms with Crippen molar-refractivity contribution in [2.75, 3.05) is 22.2 Å². The van der Waals surface area contributed by atoms with Crippen LogP contribution < -0.4 is 14.5 Å². The molecule has 2 aliphatic rings. The third kappa shape index (κ3) is 4.10. The van der Waals surface area contributed by atoms with Crippen molar-refractivity contribution in [3.63, 3.8) is 0 Å². The Morgan fingerprint density at radius 1 is 1.26 bits per heavy atom. The van der Waals surface area contributed by atoms with Crippen LogP contribution in [-0.2, 0) is 11.0 Å². The predicted molar refractivity (Wildman–Crippen MR) is 126 cm³/mol. The minimum absolute atomic E-state index is 0.0283. The number of hydrogen-bond acceptors (Lipinski definition) is 6. The smallest absolute Gasteiger partial charge is 0.417 e. The normalized spacial score (nSPS) is 20.0. The highest BCUT2D eigenvalue weighted by Gasteiger charge is 2.51. The van der Waals surface area contributed by atoms with Gasteiger partial charge in [-0.1, -0.05) is 0 Å². The molecule has 2 aliphatic heterocycles. The maximum absolute atomic E-state index is 13.5. The lowest BCUT2D eigenvalue weighted by atomic mass is 10.0.